The van der Waals surface area contributed by atoms with E-state index in [1.54, 1.807) is 6.20 Å². The molecule has 4 N–H and O–H groups in total. The number of nitrogen functional groups attached to an aromatic ring is 1. The smallest absolute Gasteiger partial charge is 0.241 e. The van der Waals surface area contributed by atoms with Crippen LogP contribution in [0.3, 0.4) is 0 Å². The molecule has 0 spiro atoms. The van der Waals surface area contributed by atoms with E-state index in [9.17, 15) is 8.42 Å². The molecule has 0 aliphatic carbocycles. The lowest BCUT2D eigenvalue weighted by atomic mass is 10.2. The first-order valence-corrected chi connectivity index (χ1v) is 7.33. The van der Waals surface area contributed by atoms with Gasteiger partial charge in [-0.3, -0.25) is 4.98 Å². The molecular weight excluding hydrogens is 278 g/mol. The van der Waals surface area contributed by atoms with E-state index in [0.717, 1.165) is 11.3 Å². The molecule has 0 aliphatic heterocycles. The van der Waals surface area contributed by atoms with Gasteiger partial charge in [0.1, 0.15) is 5.82 Å². The monoisotopic (exact) mass is 293 g/mol. The molecule has 0 atom stereocenters. The van der Waals surface area contributed by atoms with Gasteiger partial charge in [0.25, 0.3) is 0 Å². The number of nitrogens with two attached hydrogens (primary N) is 1. The van der Waals surface area contributed by atoms with Crippen molar-refractivity contribution in [1.29, 1.82) is 0 Å². The second-order valence-corrected chi connectivity index (χ2v) is 5.92. The number of aryl methyl sites for hydroxylation is 1. The summed E-state index contributed by atoms with van der Waals surface area (Å²) in [6.45, 7) is 2.04. The van der Waals surface area contributed by atoms with E-state index < -0.39 is 10.0 Å². The molecule has 0 saturated heterocycles. The minimum atomic E-state index is -3.61. The number of pyridine rings is 2. The largest absolute Gasteiger partial charge is 0.308 e. The molecule has 0 bridgehead atoms. The number of hydrazine groups is 1. The Morgan fingerprint density at radius 2 is 2.05 bits per heavy atom. The normalized spacial score (nSPS) is 11.3. The van der Waals surface area contributed by atoms with E-state index in [1.807, 2.05) is 19.1 Å². The lowest BCUT2D eigenvalue weighted by Gasteiger charge is -2.08. The fourth-order valence-electron chi connectivity index (χ4n) is 1.52. The zero-order valence-electron chi connectivity index (χ0n) is 10.9. The maximum atomic E-state index is 12.1. The van der Waals surface area contributed by atoms with Gasteiger partial charge in [0, 0.05) is 30.7 Å². The first kappa shape index (κ1) is 14.4. The van der Waals surface area contributed by atoms with Crippen molar-refractivity contribution in [2.45, 2.75) is 18.4 Å². The average Bonchev–Trinajstić information content (AvgIpc) is 2.47. The number of nitrogens with zero attached hydrogens (tertiary/aromatic N) is 2. The maximum Gasteiger partial charge on any atom is 0.241 e. The van der Waals surface area contributed by atoms with Crippen LogP contribution in [0.5, 0.6) is 0 Å². The molecule has 7 nitrogen and oxygen atoms in total. The Balaban J connectivity index is 2.12. The lowest BCUT2D eigenvalue weighted by molar-refractivity contribution is 0.581. The van der Waals surface area contributed by atoms with Gasteiger partial charge in [-0.05, 0) is 24.6 Å². The summed E-state index contributed by atoms with van der Waals surface area (Å²) in [7, 11) is -3.61. The van der Waals surface area contributed by atoms with Crippen LogP contribution in [0.25, 0.3) is 0 Å². The third kappa shape index (κ3) is 3.50. The van der Waals surface area contributed by atoms with Gasteiger partial charge in [-0.1, -0.05) is 6.07 Å². The molecule has 0 amide bonds. The predicted octanol–water partition coefficient (Wildman–Crippen LogP) is 0.549. The van der Waals surface area contributed by atoms with Crippen molar-refractivity contribution >= 4 is 15.8 Å². The van der Waals surface area contributed by atoms with E-state index >= 15 is 0 Å². The number of hydrogen-bond donors (Lipinski definition) is 3. The SMILES string of the molecule is Cc1ccc(CNS(=O)(=O)c2ccnc(NN)c2)cn1. The van der Waals surface area contributed by atoms with Crippen LogP contribution in [0.1, 0.15) is 11.3 Å². The van der Waals surface area contributed by atoms with Gasteiger partial charge in [0.15, 0.2) is 0 Å². The van der Waals surface area contributed by atoms with Gasteiger partial charge in [0.05, 0.1) is 4.90 Å². The first-order valence-electron chi connectivity index (χ1n) is 5.85. The molecule has 2 aromatic heterocycles. The van der Waals surface area contributed by atoms with Crippen molar-refractivity contribution < 1.29 is 8.42 Å². The summed E-state index contributed by atoms with van der Waals surface area (Å²) in [5.41, 5.74) is 3.97. The Hall–Kier alpha value is -2.03. The van der Waals surface area contributed by atoms with Gasteiger partial charge in [-0.2, -0.15) is 0 Å². The highest BCUT2D eigenvalue weighted by Crippen LogP contribution is 2.12. The molecule has 0 aromatic carbocycles. The number of nitrogens with one attached hydrogen (secondary N) is 2. The van der Waals surface area contributed by atoms with Crippen LogP contribution >= 0.6 is 0 Å². The van der Waals surface area contributed by atoms with Gasteiger partial charge < -0.3 is 5.43 Å². The fourth-order valence-corrected chi connectivity index (χ4v) is 2.55. The topological polar surface area (TPSA) is 110 Å². The highest BCUT2D eigenvalue weighted by molar-refractivity contribution is 7.89. The first-order chi connectivity index (χ1) is 9.51. The highest BCUT2D eigenvalue weighted by Gasteiger charge is 2.14. The zero-order chi connectivity index (χ0) is 14.6. The van der Waals surface area contributed by atoms with E-state index in [2.05, 4.69) is 20.1 Å². The van der Waals surface area contributed by atoms with Crippen LogP contribution in [0.4, 0.5) is 5.82 Å². The van der Waals surface area contributed by atoms with Gasteiger partial charge >= 0.3 is 0 Å². The zero-order valence-corrected chi connectivity index (χ0v) is 11.7. The highest BCUT2D eigenvalue weighted by atomic mass is 32.2. The Labute approximate surface area is 117 Å². The minimum Gasteiger partial charge on any atom is -0.308 e. The van der Waals surface area contributed by atoms with Gasteiger partial charge in [0.2, 0.25) is 10.0 Å². The minimum absolute atomic E-state index is 0.0977. The average molecular weight is 293 g/mol. The van der Waals surface area contributed by atoms with Crippen molar-refractivity contribution in [2.24, 2.45) is 5.84 Å². The lowest BCUT2D eigenvalue weighted by Crippen LogP contribution is -2.23. The van der Waals surface area contributed by atoms with E-state index in [-0.39, 0.29) is 17.3 Å². The van der Waals surface area contributed by atoms with Crippen LogP contribution < -0.4 is 16.0 Å². The van der Waals surface area contributed by atoms with Crippen LogP contribution in [0.15, 0.2) is 41.6 Å². The summed E-state index contributed by atoms with van der Waals surface area (Å²) < 4.78 is 26.7. The number of aromatic nitrogens is 2. The Morgan fingerprint density at radius 3 is 2.70 bits per heavy atom. The number of anilines is 1. The van der Waals surface area contributed by atoms with Crippen LogP contribution in [-0.4, -0.2) is 18.4 Å². The molecule has 0 radical (unpaired) electrons. The standard InChI is InChI=1S/C12H15N5O2S/c1-9-2-3-10(7-15-9)8-16-20(18,19)11-4-5-14-12(6-11)17-13/h2-7,16H,8,13H2,1H3,(H,14,17). The second-order valence-electron chi connectivity index (χ2n) is 4.15. The Morgan fingerprint density at radius 1 is 1.25 bits per heavy atom. The van der Waals surface area contributed by atoms with Crippen molar-refractivity contribution in [2.75, 3.05) is 5.43 Å². The number of sulfonamides is 1. The summed E-state index contributed by atoms with van der Waals surface area (Å²) in [6, 6.07) is 6.41. The van der Waals surface area contributed by atoms with Crippen molar-refractivity contribution in [3.05, 3.63) is 47.9 Å². The maximum absolute atomic E-state index is 12.1. The fraction of sp³-hybridized carbons (Fsp3) is 0.167. The second kappa shape index (κ2) is 5.95. The van der Waals surface area contributed by atoms with Crippen molar-refractivity contribution in [3.8, 4) is 0 Å². The molecule has 0 aliphatic rings. The Bertz CT molecular complexity index is 685. The summed E-state index contributed by atoms with van der Waals surface area (Å²) in [6.07, 6.45) is 3.01. The molecular formula is C12H15N5O2S. The quantitative estimate of drug-likeness (QED) is 0.548. The molecule has 0 saturated carbocycles. The Kier molecular flexibility index (Phi) is 4.28. The van der Waals surface area contributed by atoms with E-state index in [1.165, 1.54) is 18.3 Å². The summed E-state index contributed by atoms with van der Waals surface area (Å²) >= 11 is 0. The molecule has 2 heterocycles. The summed E-state index contributed by atoms with van der Waals surface area (Å²) in [5.74, 6) is 5.49. The summed E-state index contributed by atoms with van der Waals surface area (Å²) in [4.78, 5) is 8.07. The van der Waals surface area contributed by atoms with Gasteiger partial charge in [-0.15, -0.1) is 0 Å². The molecule has 0 fully saturated rings. The van der Waals surface area contributed by atoms with Crippen molar-refractivity contribution in [1.82, 2.24) is 14.7 Å². The molecule has 106 valence electrons. The predicted molar refractivity (Wildman–Crippen MR) is 75.0 cm³/mol. The summed E-state index contributed by atoms with van der Waals surface area (Å²) in [5, 5.41) is 0. The molecule has 2 aromatic rings. The molecule has 2 rings (SSSR count). The van der Waals surface area contributed by atoms with E-state index in [4.69, 9.17) is 5.84 Å². The van der Waals surface area contributed by atoms with Crippen LogP contribution in [0, 0.1) is 6.92 Å². The molecule has 0 unspecified atom stereocenters. The molecule has 20 heavy (non-hydrogen) atoms. The third-order valence-corrected chi connectivity index (χ3v) is 4.03. The number of rotatable bonds is 5. The number of hydrogen-bond acceptors (Lipinski definition) is 6. The molecule has 8 heteroatoms. The van der Waals surface area contributed by atoms with Gasteiger partial charge in [-0.25, -0.2) is 24.0 Å². The van der Waals surface area contributed by atoms with Crippen molar-refractivity contribution in [3.63, 3.8) is 0 Å². The van der Waals surface area contributed by atoms with Crippen LogP contribution in [0.2, 0.25) is 0 Å². The van der Waals surface area contributed by atoms with E-state index in [0.29, 0.717) is 0 Å². The third-order valence-electron chi connectivity index (χ3n) is 2.63. The van der Waals surface area contributed by atoms with Crippen LogP contribution in [-0.2, 0) is 16.6 Å².